The number of hydrogen-bond donors (Lipinski definition) is 1. The summed E-state index contributed by atoms with van der Waals surface area (Å²) in [5, 5.41) is 18.5. The van der Waals surface area contributed by atoms with Crippen molar-refractivity contribution in [3.05, 3.63) is 5.69 Å². The summed E-state index contributed by atoms with van der Waals surface area (Å²) < 4.78 is 4.50. The smallest absolute Gasteiger partial charge is 0.361 e. The molecule has 6 nitrogen and oxygen atoms in total. The molecule has 0 radical (unpaired) electrons. The van der Waals surface area contributed by atoms with Gasteiger partial charge in [0, 0.05) is 12.2 Å². The van der Waals surface area contributed by atoms with Crippen LogP contribution in [0.15, 0.2) is 5.03 Å². The third-order valence-corrected chi connectivity index (χ3v) is 2.31. The van der Waals surface area contributed by atoms with Crippen LogP contribution in [0.25, 0.3) is 0 Å². The van der Waals surface area contributed by atoms with Gasteiger partial charge in [-0.1, -0.05) is 0 Å². The highest BCUT2D eigenvalue weighted by atomic mass is 32.2. The van der Waals surface area contributed by atoms with Crippen molar-refractivity contribution in [3.63, 3.8) is 0 Å². The molecule has 0 aliphatic heterocycles. The van der Waals surface area contributed by atoms with Crippen molar-refractivity contribution in [3.8, 4) is 6.07 Å². The molecule has 0 aliphatic carbocycles. The highest BCUT2D eigenvalue weighted by Crippen LogP contribution is 2.18. The molecule has 1 N–H and O–H groups in total. The number of ether oxygens (including phenoxy) is 1. The molecule has 7 heteroatoms. The zero-order valence-electron chi connectivity index (χ0n) is 7.48. The van der Waals surface area contributed by atoms with Crippen LogP contribution in [0, 0.1) is 11.3 Å². The fourth-order valence-corrected chi connectivity index (χ4v) is 1.50. The number of carbonyl (C=O) groups is 1. The molecule has 0 unspecified atom stereocenters. The molecule has 0 aliphatic rings. The average Bonchev–Trinajstić information content (AvgIpc) is 2.65. The second-order valence-corrected chi connectivity index (χ2v) is 3.31. The van der Waals surface area contributed by atoms with E-state index in [9.17, 15) is 4.79 Å². The van der Waals surface area contributed by atoms with Crippen molar-refractivity contribution in [1.82, 2.24) is 15.4 Å². The van der Waals surface area contributed by atoms with E-state index in [1.807, 2.05) is 6.07 Å². The van der Waals surface area contributed by atoms with Gasteiger partial charge < -0.3 is 4.74 Å². The number of aromatic nitrogens is 3. The largest absolute Gasteiger partial charge is 0.464 e. The molecule has 1 aromatic rings. The van der Waals surface area contributed by atoms with Crippen LogP contribution >= 0.6 is 11.8 Å². The van der Waals surface area contributed by atoms with Crippen LogP contribution in [0.3, 0.4) is 0 Å². The number of nitriles is 1. The van der Waals surface area contributed by atoms with E-state index in [0.717, 1.165) is 0 Å². The minimum absolute atomic E-state index is 0.162. The number of nitrogens with one attached hydrogen (secondary N) is 1. The van der Waals surface area contributed by atoms with Crippen LogP contribution in [-0.2, 0) is 4.74 Å². The van der Waals surface area contributed by atoms with Crippen molar-refractivity contribution in [1.29, 1.82) is 5.26 Å². The van der Waals surface area contributed by atoms with Crippen molar-refractivity contribution in [2.24, 2.45) is 0 Å². The predicted molar refractivity (Wildman–Crippen MR) is 48.7 cm³/mol. The Morgan fingerprint density at radius 3 is 3.14 bits per heavy atom. The van der Waals surface area contributed by atoms with E-state index >= 15 is 0 Å². The van der Waals surface area contributed by atoms with Gasteiger partial charge in [0.1, 0.15) is 0 Å². The van der Waals surface area contributed by atoms with E-state index in [1.165, 1.54) is 18.9 Å². The Balaban J connectivity index is 2.64. The van der Waals surface area contributed by atoms with E-state index in [0.29, 0.717) is 17.2 Å². The first-order chi connectivity index (χ1) is 6.79. The van der Waals surface area contributed by atoms with E-state index in [-0.39, 0.29) is 5.69 Å². The van der Waals surface area contributed by atoms with Crippen LogP contribution in [-0.4, -0.2) is 34.2 Å². The summed E-state index contributed by atoms with van der Waals surface area (Å²) in [4.78, 5) is 11.1. The Morgan fingerprint density at radius 1 is 1.71 bits per heavy atom. The summed E-state index contributed by atoms with van der Waals surface area (Å²) in [7, 11) is 1.28. The van der Waals surface area contributed by atoms with Crippen molar-refractivity contribution in [2.45, 2.75) is 11.4 Å². The molecule has 1 aromatic heterocycles. The maximum absolute atomic E-state index is 11.1. The van der Waals surface area contributed by atoms with Crippen molar-refractivity contribution < 1.29 is 9.53 Å². The van der Waals surface area contributed by atoms with Gasteiger partial charge in [0.25, 0.3) is 0 Å². The van der Waals surface area contributed by atoms with Gasteiger partial charge in [-0.25, -0.2) is 4.79 Å². The van der Waals surface area contributed by atoms with Crippen LogP contribution in [0.1, 0.15) is 16.9 Å². The molecule has 0 fully saturated rings. The number of methoxy groups -OCH3 is 1. The minimum Gasteiger partial charge on any atom is -0.464 e. The van der Waals surface area contributed by atoms with Crippen molar-refractivity contribution >= 4 is 17.7 Å². The third-order valence-electron chi connectivity index (χ3n) is 1.35. The molecule has 0 bridgehead atoms. The standard InChI is InChI=1S/C7H8N4O2S/c1-13-7(12)5-6(10-11-9-5)14-4-2-3-8/h2,4H2,1H3,(H,9,10,11). The Morgan fingerprint density at radius 2 is 2.50 bits per heavy atom. The zero-order valence-corrected chi connectivity index (χ0v) is 8.30. The fourth-order valence-electron chi connectivity index (χ4n) is 0.745. The van der Waals surface area contributed by atoms with Crippen LogP contribution in [0.4, 0.5) is 0 Å². The molecular weight excluding hydrogens is 204 g/mol. The molecular formula is C7H8N4O2S. The van der Waals surface area contributed by atoms with Gasteiger partial charge >= 0.3 is 5.97 Å². The summed E-state index contributed by atoms with van der Waals surface area (Å²) in [6.07, 6.45) is 0.401. The molecule has 0 aromatic carbocycles. The average molecular weight is 212 g/mol. The van der Waals surface area contributed by atoms with Gasteiger partial charge in [-0.15, -0.1) is 22.0 Å². The van der Waals surface area contributed by atoms with Crippen LogP contribution in [0.5, 0.6) is 0 Å². The fraction of sp³-hybridized carbons (Fsp3) is 0.429. The number of carbonyl (C=O) groups excluding carboxylic acids is 1. The Labute approximate surface area is 84.6 Å². The summed E-state index contributed by atoms with van der Waals surface area (Å²) >= 11 is 1.29. The molecule has 0 saturated carbocycles. The second-order valence-electron chi connectivity index (χ2n) is 2.23. The predicted octanol–water partition coefficient (Wildman–Crippen LogP) is 0.597. The SMILES string of the molecule is COC(=O)c1n[nH]nc1SCCC#N. The third kappa shape index (κ3) is 2.47. The Hall–Kier alpha value is -1.55. The van der Waals surface area contributed by atoms with Gasteiger partial charge in [-0.2, -0.15) is 10.5 Å². The number of rotatable bonds is 4. The molecule has 0 spiro atoms. The van der Waals surface area contributed by atoms with E-state index < -0.39 is 5.97 Å². The van der Waals surface area contributed by atoms with Gasteiger partial charge in [0.05, 0.1) is 13.2 Å². The first-order valence-electron chi connectivity index (χ1n) is 3.78. The number of H-pyrrole nitrogens is 1. The number of aromatic amines is 1. The van der Waals surface area contributed by atoms with Gasteiger partial charge in [-0.3, -0.25) is 0 Å². The Bertz CT molecular complexity index is 357. The quantitative estimate of drug-likeness (QED) is 0.446. The van der Waals surface area contributed by atoms with Gasteiger partial charge in [-0.05, 0) is 0 Å². The maximum atomic E-state index is 11.1. The molecule has 74 valence electrons. The van der Waals surface area contributed by atoms with E-state index in [1.54, 1.807) is 0 Å². The molecule has 14 heavy (non-hydrogen) atoms. The lowest BCUT2D eigenvalue weighted by Crippen LogP contribution is -2.03. The number of nitrogens with zero attached hydrogens (tertiary/aromatic N) is 3. The minimum atomic E-state index is -0.529. The van der Waals surface area contributed by atoms with Crippen LogP contribution in [0.2, 0.25) is 0 Å². The van der Waals surface area contributed by atoms with Crippen molar-refractivity contribution in [2.75, 3.05) is 12.9 Å². The lowest BCUT2D eigenvalue weighted by Gasteiger charge is -1.96. The second kappa shape index (κ2) is 5.24. The lowest BCUT2D eigenvalue weighted by molar-refractivity contribution is 0.0590. The zero-order chi connectivity index (χ0) is 10.4. The monoisotopic (exact) mass is 212 g/mol. The normalized spacial score (nSPS) is 9.43. The molecule has 0 atom stereocenters. The summed E-state index contributed by atoms with van der Waals surface area (Å²) in [6, 6.07) is 2.00. The molecule has 0 amide bonds. The van der Waals surface area contributed by atoms with Gasteiger partial charge in [0.15, 0.2) is 5.03 Å². The highest BCUT2D eigenvalue weighted by molar-refractivity contribution is 7.99. The molecule has 0 saturated heterocycles. The number of thioether (sulfide) groups is 1. The Kier molecular flexibility index (Phi) is 3.94. The molecule has 1 rings (SSSR count). The summed E-state index contributed by atoms with van der Waals surface area (Å²) in [5.41, 5.74) is 0.162. The summed E-state index contributed by atoms with van der Waals surface area (Å²) in [6.45, 7) is 0. The number of hydrogen-bond acceptors (Lipinski definition) is 6. The van der Waals surface area contributed by atoms with E-state index in [2.05, 4.69) is 20.1 Å². The maximum Gasteiger partial charge on any atom is 0.361 e. The molecule has 1 heterocycles. The van der Waals surface area contributed by atoms with E-state index in [4.69, 9.17) is 5.26 Å². The first-order valence-corrected chi connectivity index (χ1v) is 4.77. The summed E-state index contributed by atoms with van der Waals surface area (Å²) in [5.74, 6) is 0.0470. The number of esters is 1. The highest BCUT2D eigenvalue weighted by Gasteiger charge is 2.16. The first kappa shape index (κ1) is 10.5. The van der Waals surface area contributed by atoms with Gasteiger partial charge in [0.2, 0.25) is 5.69 Å². The van der Waals surface area contributed by atoms with Crippen LogP contribution < -0.4 is 0 Å². The topological polar surface area (TPSA) is 91.7 Å². The lowest BCUT2D eigenvalue weighted by atomic mass is 10.5.